The molecule has 0 spiro atoms. The van der Waals surface area contributed by atoms with Gasteiger partial charge in [-0.2, -0.15) is 5.10 Å². The Hall–Kier alpha value is -1.26. The number of nitrogens with one attached hydrogen (secondary N) is 1. The monoisotopic (exact) mass is 271 g/mol. The van der Waals surface area contributed by atoms with Crippen molar-refractivity contribution in [1.82, 2.24) is 15.5 Å². The second kappa shape index (κ2) is 4.69. The van der Waals surface area contributed by atoms with Crippen molar-refractivity contribution in [2.45, 2.75) is 43.7 Å². The summed E-state index contributed by atoms with van der Waals surface area (Å²) < 4.78 is 0. The van der Waals surface area contributed by atoms with Gasteiger partial charge in [0.15, 0.2) is 0 Å². The third kappa shape index (κ3) is 2.19. The van der Waals surface area contributed by atoms with E-state index in [0.29, 0.717) is 18.0 Å². The molecule has 1 N–H and O–H groups in total. The fraction of sp³-hybridized carbons (Fsp3) is 0.467. The fourth-order valence-corrected chi connectivity index (χ4v) is 4.11. The average molecular weight is 271 g/mol. The number of nitrogens with zero attached hydrogens (tertiary/aromatic N) is 2. The molecule has 0 saturated carbocycles. The van der Waals surface area contributed by atoms with Crippen LogP contribution in [0.15, 0.2) is 29.6 Å². The van der Waals surface area contributed by atoms with Gasteiger partial charge in [-0.15, -0.1) is 16.4 Å². The summed E-state index contributed by atoms with van der Waals surface area (Å²) in [5.41, 5.74) is 2.18. The minimum atomic E-state index is 0.601. The smallest absolute Gasteiger partial charge is 0.103 e. The Balaban J connectivity index is 1.56. The Labute approximate surface area is 117 Å². The van der Waals surface area contributed by atoms with Crippen molar-refractivity contribution in [1.29, 1.82) is 0 Å². The van der Waals surface area contributed by atoms with Crippen molar-refractivity contribution >= 4 is 11.3 Å². The predicted octanol–water partition coefficient (Wildman–Crippen LogP) is 3.20. The van der Waals surface area contributed by atoms with Gasteiger partial charge < -0.3 is 5.32 Å². The first kappa shape index (κ1) is 11.6. The van der Waals surface area contributed by atoms with E-state index in [2.05, 4.69) is 45.2 Å². The van der Waals surface area contributed by atoms with Crippen molar-refractivity contribution in [3.8, 4) is 10.6 Å². The molecule has 4 heteroatoms. The van der Waals surface area contributed by atoms with Crippen LogP contribution in [0.4, 0.5) is 0 Å². The van der Waals surface area contributed by atoms with Crippen LogP contribution in [0.5, 0.6) is 0 Å². The van der Waals surface area contributed by atoms with Crippen molar-refractivity contribution in [3.05, 3.63) is 35.3 Å². The molecule has 4 heterocycles. The van der Waals surface area contributed by atoms with Crippen LogP contribution in [0.25, 0.3) is 10.6 Å². The van der Waals surface area contributed by atoms with E-state index in [1.807, 2.05) is 0 Å². The normalized spacial score (nSPS) is 29.6. The molecular weight excluding hydrogens is 254 g/mol. The molecule has 0 aliphatic carbocycles. The van der Waals surface area contributed by atoms with Crippen molar-refractivity contribution in [2.24, 2.45) is 0 Å². The van der Waals surface area contributed by atoms with Crippen molar-refractivity contribution in [2.75, 3.05) is 0 Å². The van der Waals surface area contributed by atoms with E-state index in [0.717, 1.165) is 5.69 Å². The Kier molecular flexibility index (Phi) is 2.85. The molecule has 3 nitrogen and oxygen atoms in total. The van der Waals surface area contributed by atoms with Crippen LogP contribution in [0.1, 0.15) is 37.3 Å². The molecular formula is C15H17N3S. The summed E-state index contributed by atoms with van der Waals surface area (Å²) in [6.07, 6.45) is 5.12. The second-order valence-corrected chi connectivity index (χ2v) is 6.57. The largest absolute Gasteiger partial charge is 0.311 e. The summed E-state index contributed by atoms with van der Waals surface area (Å²) in [5.74, 6) is 0.601. The van der Waals surface area contributed by atoms with Gasteiger partial charge in [0, 0.05) is 18.0 Å². The number of hydrogen-bond acceptors (Lipinski definition) is 4. The van der Waals surface area contributed by atoms with Crippen LogP contribution in [-0.4, -0.2) is 22.3 Å². The van der Waals surface area contributed by atoms with Gasteiger partial charge in [0.05, 0.1) is 10.6 Å². The van der Waals surface area contributed by atoms with Gasteiger partial charge in [-0.05, 0) is 49.3 Å². The number of rotatable bonds is 2. The molecule has 2 aromatic heterocycles. The second-order valence-electron chi connectivity index (χ2n) is 5.63. The van der Waals surface area contributed by atoms with E-state index in [1.165, 1.54) is 36.3 Å². The van der Waals surface area contributed by atoms with Gasteiger partial charge in [-0.1, -0.05) is 6.07 Å². The van der Waals surface area contributed by atoms with Gasteiger partial charge in [0.2, 0.25) is 0 Å². The Morgan fingerprint density at radius 2 is 1.89 bits per heavy atom. The van der Waals surface area contributed by atoms with Crippen LogP contribution in [0, 0.1) is 0 Å². The Morgan fingerprint density at radius 1 is 1.05 bits per heavy atom. The van der Waals surface area contributed by atoms with Crippen LogP contribution >= 0.6 is 11.3 Å². The van der Waals surface area contributed by atoms with Crippen LogP contribution < -0.4 is 5.32 Å². The summed E-state index contributed by atoms with van der Waals surface area (Å²) in [6, 6.07) is 9.87. The standard InChI is InChI=1S/C15H17N3S/c1-2-15(19-7-1)14-6-5-13(17-18-14)10-8-11-3-4-12(9-10)16-11/h1-2,5-7,10-12,16H,3-4,8-9H2. The minimum absolute atomic E-state index is 0.601. The molecule has 98 valence electrons. The van der Waals surface area contributed by atoms with Gasteiger partial charge in [-0.3, -0.25) is 0 Å². The zero-order valence-electron chi connectivity index (χ0n) is 10.7. The molecule has 2 saturated heterocycles. The van der Waals surface area contributed by atoms with Crippen molar-refractivity contribution in [3.63, 3.8) is 0 Å². The maximum absolute atomic E-state index is 4.48. The summed E-state index contributed by atoms with van der Waals surface area (Å²) in [5, 5.41) is 14.6. The molecule has 2 bridgehead atoms. The fourth-order valence-electron chi connectivity index (χ4n) is 3.41. The first-order chi connectivity index (χ1) is 9.38. The van der Waals surface area contributed by atoms with Gasteiger partial charge in [0.25, 0.3) is 0 Å². The topological polar surface area (TPSA) is 37.8 Å². The molecule has 2 aliphatic rings. The lowest BCUT2D eigenvalue weighted by Gasteiger charge is -2.28. The third-order valence-corrected chi connectivity index (χ3v) is 5.24. The zero-order chi connectivity index (χ0) is 12.7. The minimum Gasteiger partial charge on any atom is -0.311 e. The highest BCUT2D eigenvalue weighted by Gasteiger charge is 2.34. The molecule has 0 amide bonds. The third-order valence-electron chi connectivity index (χ3n) is 4.35. The number of hydrogen-bond donors (Lipinski definition) is 1. The van der Waals surface area contributed by atoms with Gasteiger partial charge in [0.1, 0.15) is 5.69 Å². The molecule has 2 aliphatic heterocycles. The molecule has 19 heavy (non-hydrogen) atoms. The number of piperidine rings is 1. The number of thiophene rings is 1. The van der Waals surface area contributed by atoms with Crippen molar-refractivity contribution < 1.29 is 0 Å². The quantitative estimate of drug-likeness (QED) is 0.911. The maximum Gasteiger partial charge on any atom is 0.103 e. The SMILES string of the molecule is c1csc(-c2ccc(C3CC4CCC(C3)N4)nn2)c1. The zero-order valence-corrected chi connectivity index (χ0v) is 11.6. The van der Waals surface area contributed by atoms with E-state index >= 15 is 0 Å². The number of fused-ring (bicyclic) bond motifs is 2. The Morgan fingerprint density at radius 3 is 2.53 bits per heavy atom. The van der Waals surface area contributed by atoms with E-state index in [4.69, 9.17) is 0 Å². The van der Waals surface area contributed by atoms with Crippen LogP contribution in [-0.2, 0) is 0 Å². The summed E-state index contributed by atoms with van der Waals surface area (Å²) in [6.45, 7) is 0. The number of aromatic nitrogens is 2. The molecule has 4 rings (SSSR count). The van der Waals surface area contributed by atoms with E-state index in [1.54, 1.807) is 11.3 Å². The van der Waals surface area contributed by atoms with Gasteiger partial charge >= 0.3 is 0 Å². The highest BCUT2D eigenvalue weighted by atomic mass is 32.1. The Bertz CT molecular complexity index is 537. The average Bonchev–Trinajstić information content (AvgIpc) is 3.09. The molecule has 0 radical (unpaired) electrons. The van der Waals surface area contributed by atoms with E-state index < -0.39 is 0 Å². The van der Waals surface area contributed by atoms with E-state index in [-0.39, 0.29) is 0 Å². The predicted molar refractivity (Wildman–Crippen MR) is 77.3 cm³/mol. The summed E-state index contributed by atoms with van der Waals surface area (Å²) in [7, 11) is 0. The highest BCUT2D eigenvalue weighted by Crippen LogP contribution is 2.36. The summed E-state index contributed by atoms with van der Waals surface area (Å²) in [4.78, 5) is 1.20. The molecule has 2 fully saturated rings. The van der Waals surface area contributed by atoms with Crippen LogP contribution in [0.2, 0.25) is 0 Å². The summed E-state index contributed by atoms with van der Waals surface area (Å²) >= 11 is 1.72. The van der Waals surface area contributed by atoms with Gasteiger partial charge in [-0.25, -0.2) is 0 Å². The lowest BCUT2D eigenvalue weighted by Crippen LogP contribution is -2.37. The van der Waals surface area contributed by atoms with Crippen LogP contribution in [0.3, 0.4) is 0 Å². The molecule has 0 aromatic carbocycles. The molecule has 2 aromatic rings. The van der Waals surface area contributed by atoms with E-state index in [9.17, 15) is 0 Å². The maximum atomic E-state index is 4.48. The first-order valence-electron chi connectivity index (χ1n) is 7.02. The lowest BCUT2D eigenvalue weighted by atomic mass is 9.89. The first-order valence-corrected chi connectivity index (χ1v) is 7.90. The molecule has 2 atom stereocenters. The highest BCUT2D eigenvalue weighted by molar-refractivity contribution is 7.13. The lowest BCUT2D eigenvalue weighted by molar-refractivity contribution is 0.357. The molecule has 2 unspecified atom stereocenters.